The van der Waals surface area contributed by atoms with Crippen molar-refractivity contribution in [2.75, 3.05) is 0 Å². The Labute approximate surface area is 296 Å². The molecule has 7 aromatic carbocycles. The van der Waals surface area contributed by atoms with Gasteiger partial charge in [-0.2, -0.15) is 4.98 Å². The summed E-state index contributed by atoms with van der Waals surface area (Å²) in [5.74, 6) is 2.01. The van der Waals surface area contributed by atoms with Crippen molar-refractivity contribution >= 4 is 65.4 Å². The van der Waals surface area contributed by atoms with Crippen LogP contribution in [0.4, 0.5) is 0 Å². The maximum atomic E-state index is 6.53. The van der Waals surface area contributed by atoms with Crippen LogP contribution in [0.25, 0.3) is 106 Å². The number of aromatic nitrogens is 6. The van der Waals surface area contributed by atoms with Gasteiger partial charge in [0.25, 0.3) is 0 Å². The zero-order valence-corrected chi connectivity index (χ0v) is 27.6. The fourth-order valence-corrected chi connectivity index (χ4v) is 7.54. The van der Waals surface area contributed by atoms with E-state index in [1.807, 2.05) is 84.9 Å². The van der Waals surface area contributed by atoms with Crippen molar-refractivity contribution in [2.45, 2.75) is 0 Å². The van der Waals surface area contributed by atoms with E-state index in [1.165, 1.54) is 10.8 Å². The van der Waals surface area contributed by atoms with Gasteiger partial charge in [-0.15, -0.1) is 0 Å². The van der Waals surface area contributed by atoms with Crippen LogP contribution in [0.3, 0.4) is 0 Å². The maximum absolute atomic E-state index is 6.53. The van der Waals surface area contributed by atoms with E-state index in [2.05, 4.69) is 77.4 Å². The van der Waals surface area contributed by atoms with Crippen LogP contribution in [0, 0.1) is 0 Å². The summed E-state index contributed by atoms with van der Waals surface area (Å²) in [6.07, 6.45) is 0. The van der Waals surface area contributed by atoms with Gasteiger partial charge in [0.2, 0.25) is 11.7 Å². The van der Waals surface area contributed by atoms with E-state index in [4.69, 9.17) is 29.3 Å². The van der Waals surface area contributed by atoms with Crippen LogP contribution in [0.1, 0.15) is 0 Å². The van der Waals surface area contributed by atoms with Gasteiger partial charge in [0.1, 0.15) is 11.3 Å². The van der Waals surface area contributed by atoms with Gasteiger partial charge in [0.15, 0.2) is 17.5 Å². The second-order valence-corrected chi connectivity index (χ2v) is 12.9. The quantitative estimate of drug-likeness (QED) is 0.186. The third-order valence-corrected chi connectivity index (χ3v) is 9.88. The molecule has 7 heteroatoms. The Morgan fingerprint density at radius 2 is 0.981 bits per heavy atom. The first-order chi connectivity index (χ1) is 25.8. The van der Waals surface area contributed by atoms with Crippen LogP contribution >= 0.6 is 0 Å². The lowest BCUT2D eigenvalue weighted by atomic mass is 10.0. The highest BCUT2D eigenvalue weighted by molar-refractivity contribution is 6.26. The zero-order valence-electron chi connectivity index (χ0n) is 27.6. The third kappa shape index (κ3) is 4.29. The van der Waals surface area contributed by atoms with Gasteiger partial charge in [-0.25, -0.2) is 19.9 Å². The molecule has 4 heterocycles. The van der Waals surface area contributed by atoms with Crippen molar-refractivity contribution < 1.29 is 4.42 Å². The van der Waals surface area contributed by atoms with E-state index >= 15 is 0 Å². The Morgan fingerprint density at radius 3 is 1.71 bits per heavy atom. The van der Waals surface area contributed by atoms with Crippen molar-refractivity contribution in [2.24, 2.45) is 0 Å². The van der Waals surface area contributed by atoms with Gasteiger partial charge in [-0.3, -0.25) is 4.57 Å². The maximum Gasteiger partial charge on any atom is 0.238 e. The molecule has 0 spiro atoms. The van der Waals surface area contributed by atoms with E-state index < -0.39 is 0 Å². The predicted molar refractivity (Wildman–Crippen MR) is 208 cm³/mol. The van der Waals surface area contributed by atoms with Gasteiger partial charge in [-0.1, -0.05) is 146 Å². The normalized spacial score (nSPS) is 11.8. The number of rotatable bonds is 4. The first kappa shape index (κ1) is 28.6. The second-order valence-electron chi connectivity index (χ2n) is 12.9. The van der Waals surface area contributed by atoms with Gasteiger partial charge in [0.05, 0.1) is 16.4 Å². The summed E-state index contributed by atoms with van der Waals surface area (Å²) in [6.45, 7) is 0. The minimum Gasteiger partial charge on any atom is -0.437 e. The summed E-state index contributed by atoms with van der Waals surface area (Å²) in [4.78, 5) is 25.8. The standard InChI is InChI=1S/C45H26N6O/c1-3-15-29(16-4-1)41-47-42(30-17-5-2-6-18-30)49-43(48-41)39-38-33-21-11-12-22-36(33)52-44(38)50-45(46-39)51-35-26-24-27-13-7-9-19-31(27)37(35)34-25-23-28-14-8-10-20-32(28)40(34)51/h1-26H. The fourth-order valence-electron chi connectivity index (χ4n) is 7.54. The molecule has 0 atom stereocenters. The number of nitrogens with zero attached hydrogens (tertiary/aromatic N) is 6. The SMILES string of the molecule is c1ccc(-c2nc(-c3ccccc3)nc(-c3nc(-n4c5ccc6ccccc6c5c5ccc6ccccc6c54)nc4oc5ccccc5c34)n2)cc1. The molecule has 0 aliphatic heterocycles. The van der Waals surface area contributed by atoms with Crippen LogP contribution in [-0.2, 0) is 0 Å². The third-order valence-electron chi connectivity index (χ3n) is 9.88. The summed E-state index contributed by atoms with van der Waals surface area (Å²) < 4.78 is 8.70. The Hall–Kier alpha value is -7.25. The van der Waals surface area contributed by atoms with E-state index in [-0.39, 0.29) is 0 Å². The molecule has 0 radical (unpaired) electrons. The molecule has 4 aromatic heterocycles. The number of benzene rings is 7. The highest BCUT2D eigenvalue weighted by atomic mass is 16.3. The largest absolute Gasteiger partial charge is 0.437 e. The lowest BCUT2D eigenvalue weighted by Gasteiger charge is -2.12. The molecular formula is C45H26N6O. The van der Waals surface area contributed by atoms with Crippen LogP contribution in [0.2, 0.25) is 0 Å². The first-order valence-corrected chi connectivity index (χ1v) is 17.2. The summed E-state index contributed by atoms with van der Waals surface area (Å²) in [7, 11) is 0. The molecule has 52 heavy (non-hydrogen) atoms. The Bertz CT molecular complexity index is 3130. The van der Waals surface area contributed by atoms with Crippen molar-refractivity contribution in [3.8, 4) is 40.2 Å². The molecule has 7 nitrogen and oxygen atoms in total. The van der Waals surface area contributed by atoms with Crippen LogP contribution < -0.4 is 0 Å². The highest BCUT2D eigenvalue weighted by Gasteiger charge is 2.25. The summed E-state index contributed by atoms with van der Waals surface area (Å²) in [5, 5.41) is 8.48. The predicted octanol–water partition coefficient (Wildman–Crippen LogP) is 11.0. The second kappa shape index (κ2) is 11.1. The molecule has 0 saturated carbocycles. The monoisotopic (exact) mass is 666 g/mol. The lowest BCUT2D eigenvalue weighted by molar-refractivity contribution is 0.651. The van der Waals surface area contributed by atoms with Gasteiger partial charge >= 0.3 is 0 Å². The average molecular weight is 667 g/mol. The van der Waals surface area contributed by atoms with Crippen LogP contribution in [-0.4, -0.2) is 29.5 Å². The zero-order chi connectivity index (χ0) is 34.2. The van der Waals surface area contributed by atoms with Gasteiger partial charge < -0.3 is 4.42 Å². The molecule has 242 valence electrons. The average Bonchev–Trinajstić information content (AvgIpc) is 3.77. The molecule has 0 fully saturated rings. The number of hydrogen-bond acceptors (Lipinski definition) is 6. The van der Waals surface area contributed by atoms with E-state index in [9.17, 15) is 0 Å². The van der Waals surface area contributed by atoms with Gasteiger partial charge in [0, 0.05) is 32.7 Å². The van der Waals surface area contributed by atoms with Crippen LogP contribution in [0.15, 0.2) is 162 Å². The molecule has 0 amide bonds. The molecular weight excluding hydrogens is 641 g/mol. The molecule has 0 N–H and O–H groups in total. The molecule has 0 bridgehead atoms. The molecule has 11 aromatic rings. The molecule has 0 saturated heterocycles. The number of hydrogen-bond donors (Lipinski definition) is 0. The van der Waals surface area contributed by atoms with Gasteiger partial charge in [-0.05, 0) is 28.3 Å². The number of furan rings is 1. The molecule has 0 aliphatic rings. The fraction of sp³-hybridized carbons (Fsp3) is 0. The topological polar surface area (TPSA) is 82.5 Å². The lowest BCUT2D eigenvalue weighted by Crippen LogP contribution is -2.06. The number of para-hydroxylation sites is 1. The summed E-state index contributed by atoms with van der Waals surface area (Å²) in [6, 6.07) is 53.6. The summed E-state index contributed by atoms with van der Waals surface area (Å²) in [5.41, 5.74) is 5.52. The Kier molecular flexibility index (Phi) is 6.12. The minimum absolute atomic E-state index is 0.434. The van der Waals surface area contributed by atoms with E-state index in [0.29, 0.717) is 40.4 Å². The molecule has 11 rings (SSSR count). The number of fused-ring (bicyclic) bond motifs is 10. The Balaban J connectivity index is 1.29. The highest BCUT2D eigenvalue weighted by Crippen LogP contribution is 2.41. The molecule has 0 aliphatic carbocycles. The van der Waals surface area contributed by atoms with Crippen molar-refractivity contribution in [3.05, 3.63) is 158 Å². The van der Waals surface area contributed by atoms with Crippen LogP contribution in [0.5, 0.6) is 0 Å². The minimum atomic E-state index is 0.434. The van der Waals surface area contributed by atoms with E-state index in [1.54, 1.807) is 0 Å². The van der Waals surface area contributed by atoms with E-state index in [0.717, 1.165) is 54.5 Å². The summed E-state index contributed by atoms with van der Waals surface area (Å²) >= 11 is 0. The van der Waals surface area contributed by atoms with Crippen molar-refractivity contribution in [1.82, 2.24) is 29.5 Å². The van der Waals surface area contributed by atoms with Crippen molar-refractivity contribution in [1.29, 1.82) is 0 Å². The Morgan fingerprint density at radius 1 is 0.404 bits per heavy atom. The molecule has 0 unspecified atom stereocenters. The smallest absolute Gasteiger partial charge is 0.238 e. The van der Waals surface area contributed by atoms with Crippen molar-refractivity contribution in [3.63, 3.8) is 0 Å². The first-order valence-electron chi connectivity index (χ1n) is 17.2.